The highest BCUT2D eigenvalue weighted by atomic mass is 16.6. The quantitative estimate of drug-likeness (QED) is 0.148. The molecular formula is C27H50O6. The highest BCUT2D eigenvalue weighted by molar-refractivity contribution is 5.89. The van der Waals surface area contributed by atoms with E-state index in [-0.39, 0.29) is 11.5 Å². The minimum atomic E-state index is -1.22. The lowest BCUT2D eigenvalue weighted by Gasteiger charge is -2.18. The van der Waals surface area contributed by atoms with Crippen LogP contribution in [0.2, 0.25) is 0 Å². The SMILES string of the molecule is CCCCCCCCCCCCCCCCOC1=C(OCCC(C)C)C(=O)O[C@@H]1[C@@H](O)CO. The molecule has 194 valence electrons. The van der Waals surface area contributed by atoms with E-state index >= 15 is 0 Å². The van der Waals surface area contributed by atoms with E-state index in [4.69, 9.17) is 14.2 Å². The smallest absolute Gasteiger partial charge is 0.378 e. The van der Waals surface area contributed by atoms with E-state index < -0.39 is 24.8 Å². The van der Waals surface area contributed by atoms with Crippen molar-refractivity contribution in [1.29, 1.82) is 0 Å². The molecule has 0 fully saturated rings. The molecule has 0 aromatic carbocycles. The van der Waals surface area contributed by atoms with Crippen molar-refractivity contribution in [2.45, 2.75) is 129 Å². The second-order valence-electron chi connectivity index (χ2n) is 9.74. The second kappa shape index (κ2) is 19.1. The Morgan fingerprint density at radius 2 is 1.33 bits per heavy atom. The molecule has 6 heteroatoms. The monoisotopic (exact) mass is 470 g/mol. The van der Waals surface area contributed by atoms with Gasteiger partial charge in [-0.05, 0) is 18.8 Å². The Hall–Kier alpha value is -1.27. The first kappa shape index (κ1) is 29.8. The summed E-state index contributed by atoms with van der Waals surface area (Å²) in [7, 11) is 0. The number of carbonyl (C=O) groups excluding carboxylic acids is 1. The van der Waals surface area contributed by atoms with E-state index in [0.29, 0.717) is 19.1 Å². The first-order chi connectivity index (χ1) is 16.0. The van der Waals surface area contributed by atoms with Crippen LogP contribution in [-0.2, 0) is 19.0 Å². The van der Waals surface area contributed by atoms with E-state index in [0.717, 1.165) is 19.3 Å². The Kier molecular flexibility index (Phi) is 17.2. The number of aliphatic hydroxyl groups is 2. The van der Waals surface area contributed by atoms with Crippen LogP contribution in [0.15, 0.2) is 11.5 Å². The molecule has 6 nitrogen and oxygen atoms in total. The van der Waals surface area contributed by atoms with Gasteiger partial charge in [0, 0.05) is 0 Å². The van der Waals surface area contributed by atoms with E-state index in [1.807, 2.05) is 0 Å². The number of unbranched alkanes of at least 4 members (excludes halogenated alkanes) is 13. The van der Waals surface area contributed by atoms with Crippen molar-refractivity contribution in [3.63, 3.8) is 0 Å². The molecule has 1 aliphatic rings. The fourth-order valence-electron chi connectivity index (χ4n) is 3.95. The van der Waals surface area contributed by atoms with Gasteiger partial charge in [0.05, 0.1) is 19.8 Å². The number of hydrogen-bond acceptors (Lipinski definition) is 6. The van der Waals surface area contributed by atoms with Crippen molar-refractivity contribution in [3.8, 4) is 0 Å². The third-order valence-electron chi connectivity index (χ3n) is 6.14. The summed E-state index contributed by atoms with van der Waals surface area (Å²) in [6.45, 7) is 6.73. The standard InChI is InChI=1S/C27H50O6/c1-4-5-6-7-8-9-10-11-12-13-14-15-16-17-19-31-25-24(23(29)21-28)33-27(30)26(25)32-20-18-22(2)3/h22-24,28-29H,4-21H2,1-3H3/t23-,24+/m0/s1. The van der Waals surface area contributed by atoms with Gasteiger partial charge < -0.3 is 24.4 Å². The molecule has 0 saturated carbocycles. The molecule has 0 amide bonds. The zero-order valence-electron chi connectivity index (χ0n) is 21.5. The van der Waals surface area contributed by atoms with E-state index in [2.05, 4.69) is 20.8 Å². The number of aliphatic hydroxyl groups excluding tert-OH is 2. The van der Waals surface area contributed by atoms with Crippen molar-refractivity contribution in [2.75, 3.05) is 19.8 Å². The molecule has 2 N–H and O–H groups in total. The van der Waals surface area contributed by atoms with Gasteiger partial charge in [0.25, 0.3) is 0 Å². The van der Waals surface area contributed by atoms with Crippen molar-refractivity contribution < 1.29 is 29.2 Å². The predicted molar refractivity (Wildman–Crippen MR) is 132 cm³/mol. The number of rotatable bonds is 22. The van der Waals surface area contributed by atoms with Gasteiger partial charge in [-0.15, -0.1) is 0 Å². The molecule has 1 rings (SSSR count). The maximum absolute atomic E-state index is 12.2. The summed E-state index contributed by atoms with van der Waals surface area (Å²) >= 11 is 0. The third-order valence-corrected chi connectivity index (χ3v) is 6.14. The van der Waals surface area contributed by atoms with Crippen LogP contribution in [0.4, 0.5) is 0 Å². The largest absolute Gasteiger partial charge is 0.490 e. The molecule has 0 saturated heterocycles. The van der Waals surface area contributed by atoms with Gasteiger partial charge in [0.1, 0.15) is 6.10 Å². The van der Waals surface area contributed by atoms with Crippen LogP contribution in [0.25, 0.3) is 0 Å². The molecule has 1 heterocycles. The summed E-state index contributed by atoms with van der Waals surface area (Å²) in [5.74, 6) is 0.0764. The van der Waals surface area contributed by atoms with E-state index in [1.54, 1.807) is 0 Å². The lowest BCUT2D eigenvalue weighted by Crippen LogP contribution is -2.32. The first-order valence-electron chi connectivity index (χ1n) is 13.5. The van der Waals surface area contributed by atoms with Crippen molar-refractivity contribution in [2.24, 2.45) is 5.92 Å². The Morgan fingerprint density at radius 3 is 1.82 bits per heavy atom. The summed E-state index contributed by atoms with van der Waals surface area (Å²) in [6, 6.07) is 0. The molecule has 0 radical (unpaired) electrons. The van der Waals surface area contributed by atoms with Crippen LogP contribution in [0.5, 0.6) is 0 Å². The average Bonchev–Trinajstić information content (AvgIpc) is 3.11. The van der Waals surface area contributed by atoms with Crippen molar-refractivity contribution in [3.05, 3.63) is 11.5 Å². The van der Waals surface area contributed by atoms with Gasteiger partial charge >= 0.3 is 5.97 Å². The predicted octanol–water partition coefficient (Wildman–Crippen LogP) is 6.04. The van der Waals surface area contributed by atoms with E-state index in [1.165, 1.54) is 77.0 Å². The van der Waals surface area contributed by atoms with Crippen molar-refractivity contribution >= 4 is 5.97 Å². The summed E-state index contributed by atoms with van der Waals surface area (Å²) in [4.78, 5) is 12.2. The molecule has 0 unspecified atom stereocenters. The highest BCUT2D eigenvalue weighted by Gasteiger charge is 2.41. The normalized spacial score (nSPS) is 17.0. The van der Waals surface area contributed by atoms with Crippen LogP contribution in [-0.4, -0.2) is 48.2 Å². The zero-order valence-corrected chi connectivity index (χ0v) is 21.5. The molecule has 0 aromatic heterocycles. The Bertz CT molecular complexity index is 531. The first-order valence-corrected chi connectivity index (χ1v) is 13.5. The summed E-state index contributed by atoms with van der Waals surface area (Å²) in [6.07, 6.45) is 16.6. The molecule has 1 aliphatic heterocycles. The van der Waals surface area contributed by atoms with Gasteiger partial charge in [-0.1, -0.05) is 104 Å². The summed E-state index contributed by atoms with van der Waals surface area (Å²) in [5, 5.41) is 19.3. The maximum atomic E-state index is 12.2. The van der Waals surface area contributed by atoms with Gasteiger partial charge in [0.15, 0.2) is 11.9 Å². The molecule has 33 heavy (non-hydrogen) atoms. The lowest BCUT2D eigenvalue weighted by molar-refractivity contribution is -0.148. The molecular weight excluding hydrogens is 420 g/mol. The lowest BCUT2D eigenvalue weighted by atomic mass is 10.0. The van der Waals surface area contributed by atoms with Crippen LogP contribution in [0.1, 0.15) is 117 Å². The van der Waals surface area contributed by atoms with Crippen LogP contribution in [0, 0.1) is 5.92 Å². The molecule has 0 bridgehead atoms. The topological polar surface area (TPSA) is 85.2 Å². The summed E-state index contributed by atoms with van der Waals surface area (Å²) < 4.78 is 16.6. The molecule has 2 atom stereocenters. The molecule has 0 aromatic rings. The summed E-state index contributed by atoms with van der Waals surface area (Å²) in [5.41, 5.74) is 0. The number of carbonyl (C=O) groups is 1. The second-order valence-corrected chi connectivity index (χ2v) is 9.74. The van der Waals surface area contributed by atoms with Gasteiger partial charge in [-0.3, -0.25) is 0 Å². The van der Waals surface area contributed by atoms with Gasteiger partial charge in [-0.25, -0.2) is 4.79 Å². The third kappa shape index (κ3) is 13.3. The van der Waals surface area contributed by atoms with Gasteiger partial charge in [0.2, 0.25) is 5.76 Å². The number of hydrogen-bond donors (Lipinski definition) is 2. The van der Waals surface area contributed by atoms with Crippen molar-refractivity contribution in [1.82, 2.24) is 0 Å². The fourth-order valence-corrected chi connectivity index (χ4v) is 3.95. The maximum Gasteiger partial charge on any atom is 0.378 e. The van der Waals surface area contributed by atoms with E-state index in [9.17, 15) is 15.0 Å². The van der Waals surface area contributed by atoms with Crippen LogP contribution < -0.4 is 0 Å². The molecule has 0 spiro atoms. The highest BCUT2D eigenvalue weighted by Crippen LogP contribution is 2.28. The Balaban J connectivity index is 2.19. The molecule has 0 aliphatic carbocycles. The van der Waals surface area contributed by atoms with Gasteiger partial charge in [-0.2, -0.15) is 0 Å². The number of cyclic esters (lactones) is 1. The zero-order chi connectivity index (χ0) is 24.3. The number of ether oxygens (including phenoxy) is 3. The fraction of sp³-hybridized carbons (Fsp3) is 0.889. The Morgan fingerprint density at radius 1 is 0.818 bits per heavy atom. The minimum Gasteiger partial charge on any atom is -0.490 e. The average molecular weight is 471 g/mol. The Labute approximate surface area is 202 Å². The van der Waals surface area contributed by atoms with Crippen LogP contribution >= 0.6 is 0 Å². The number of esters is 1. The van der Waals surface area contributed by atoms with Crippen LogP contribution in [0.3, 0.4) is 0 Å². The minimum absolute atomic E-state index is 0.0403.